The third-order valence-electron chi connectivity index (χ3n) is 4.38. The van der Waals surface area contributed by atoms with Crippen LogP contribution < -0.4 is 10.2 Å². The highest BCUT2D eigenvalue weighted by molar-refractivity contribution is 5.47. The highest BCUT2D eigenvalue weighted by Gasteiger charge is 2.21. The molecule has 1 saturated heterocycles. The minimum atomic E-state index is -0.542. The van der Waals surface area contributed by atoms with Gasteiger partial charge in [-0.3, -0.25) is 4.90 Å². The summed E-state index contributed by atoms with van der Waals surface area (Å²) < 4.78 is 26.9. The zero-order valence-electron chi connectivity index (χ0n) is 14.5. The molecule has 0 radical (unpaired) electrons. The lowest BCUT2D eigenvalue weighted by molar-refractivity contribution is 0.206. The monoisotopic (exact) mass is 347 g/mol. The van der Waals surface area contributed by atoms with E-state index in [9.17, 15) is 8.78 Å². The van der Waals surface area contributed by atoms with Crippen molar-refractivity contribution >= 4 is 11.6 Å². The van der Waals surface area contributed by atoms with Crippen LogP contribution in [-0.4, -0.2) is 48.1 Å². The molecule has 5 nitrogen and oxygen atoms in total. The number of nitrogens with one attached hydrogen (secondary N) is 1. The summed E-state index contributed by atoms with van der Waals surface area (Å²) in [7, 11) is 3.87. The molecule has 0 bridgehead atoms. The van der Waals surface area contributed by atoms with Gasteiger partial charge in [0.1, 0.15) is 29.6 Å². The van der Waals surface area contributed by atoms with Crippen LogP contribution in [0, 0.1) is 11.6 Å². The first-order chi connectivity index (χ1) is 12.0. The highest BCUT2D eigenvalue weighted by Crippen LogP contribution is 2.20. The third-order valence-corrected chi connectivity index (χ3v) is 4.38. The molecule has 1 aliphatic rings. The normalized spacial score (nSPS) is 18.2. The molecule has 2 aromatic rings. The molecule has 7 heteroatoms. The van der Waals surface area contributed by atoms with Crippen LogP contribution in [0.1, 0.15) is 18.4 Å². The Morgan fingerprint density at radius 2 is 2.08 bits per heavy atom. The molecule has 134 valence electrons. The van der Waals surface area contributed by atoms with E-state index in [2.05, 4.69) is 20.2 Å². The van der Waals surface area contributed by atoms with Gasteiger partial charge < -0.3 is 10.2 Å². The van der Waals surface area contributed by atoms with E-state index in [4.69, 9.17) is 0 Å². The molecular weight excluding hydrogens is 324 g/mol. The first-order valence-electron chi connectivity index (χ1n) is 8.43. The number of hydrogen-bond acceptors (Lipinski definition) is 5. The van der Waals surface area contributed by atoms with Gasteiger partial charge in [-0.15, -0.1) is 0 Å². The molecule has 0 saturated carbocycles. The number of halogens is 2. The van der Waals surface area contributed by atoms with Gasteiger partial charge in [-0.25, -0.2) is 18.7 Å². The number of nitrogens with zero attached hydrogens (tertiary/aromatic N) is 4. The second-order valence-corrected chi connectivity index (χ2v) is 6.61. The number of benzene rings is 1. The summed E-state index contributed by atoms with van der Waals surface area (Å²) in [5.41, 5.74) is 0.527. The Balaban J connectivity index is 1.62. The smallest absolute Gasteiger partial charge is 0.133 e. The van der Waals surface area contributed by atoms with Crippen molar-refractivity contribution in [3.63, 3.8) is 0 Å². The summed E-state index contributed by atoms with van der Waals surface area (Å²) >= 11 is 0. The van der Waals surface area contributed by atoms with Crippen LogP contribution in [0.25, 0.3) is 0 Å². The summed E-state index contributed by atoms with van der Waals surface area (Å²) in [4.78, 5) is 12.6. The maximum atomic E-state index is 13.9. The van der Waals surface area contributed by atoms with E-state index >= 15 is 0 Å². The minimum absolute atomic E-state index is 0.238. The molecule has 25 heavy (non-hydrogen) atoms. The Hall–Kier alpha value is -2.28. The molecule has 1 aliphatic heterocycles. The molecule has 1 fully saturated rings. The van der Waals surface area contributed by atoms with Crippen LogP contribution in [0.15, 0.2) is 30.6 Å². The van der Waals surface area contributed by atoms with Crippen LogP contribution >= 0.6 is 0 Å². The van der Waals surface area contributed by atoms with Crippen molar-refractivity contribution in [2.75, 3.05) is 37.4 Å². The lowest BCUT2D eigenvalue weighted by atomic mass is 10.0. The van der Waals surface area contributed by atoms with Gasteiger partial charge in [0.15, 0.2) is 0 Å². The van der Waals surface area contributed by atoms with Gasteiger partial charge in [0.05, 0.1) is 0 Å². The summed E-state index contributed by atoms with van der Waals surface area (Å²) in [6, 6.07) is 5.93. The molecule has 0 amide bonds. The minimum Gasteiger partial charge on any atom is -0.366 e. The number of hydrogen-bond donors (Lipinski definition) is 1. The van der Waals surface area contributed by atoms with Gasteiger partial charge in [-0.1, -0.05) is 6.07 Å². The van der Waals surface area contributed by atoms with Gasteiger partial charge >= 0.3 is 0 Å². The van der Waals surface area contributed by atoms with Gasteiger partial charge in [-0.2, -0.15) is 0 Å². The standard InChI is InChI=1S/C18H23F2N5/c1-24(2)18-9-17(21-12-22-18)23-15-4-3-7-25(11-15)10-13-5-6-14(19)8-16(13)20/h5-6,8-9,12,15H,3-4,7,10-11H2,1-2H3,(H,21,22,23). The van der Waals surface area contributed by atoms with Crippen molar-refractivity contribution in [1.29, 1.82) is 0 Å². The third kappa shape index (κ3) is 4.63. The van der Waals surface area contributed by atoms with E-state index in [0.717, 1.165) is 43.6 Å². The van der Waals surface area contributed by atoms with Crippen LogP contribution in [0.3, 0.4) is 0 Å². The molecule has 1 aromatic heterocycles. The van der Waals surface area contributed by atoms with Crippen molar-refractivity contribution in [2.45, 2.75) is 25.4 Å². The first kappa shape index (κ1) is 17.5. The van der Waals surface area contributed by atoms with Gasteiger partial charge in [0.25, 0.3) is 0 Å². The van der Waals surface area contributed by atoms with Crippen molar-refractivity contribution in [1.82, 2.24) is 14.9 Å². The summed E-state index contributed by atoms with van der Waals surface area (Å²) in [5.74, 6) is 0.610. The SMILES string of the molecule is CN(C)c1cc(NC2CCCN(Cc3ccc(F)cc3F)C2)ncn1. The van der Waals surface area contributed by atoms with Crippen molar-refractivity contribution in [3.8, 4) is 0 Å². The topological polar surface area (TPSA) is 44.3 Å². The van der Waals surface area contributed by atoms with Crippen molar-refractivity contribution in [3.05, 3.63) is 47.8 Å². The van der Waals surface area contributed by atoms with Gasteiger partial charge in [0.2, 0.25) is 0 Å². The lowest BCUT2D eigenvalue weighted by Gasteiger charge is -2.33. The summed E-state index contributed by atoms with van der Waals surface area (Å²) in [5, 5.41) is 3.44. The Labute approximate surface area is 146 Å². The summed E-state index contributed by atoms with van der Waals surface area (Å²) in [6.45, 7) is 2.18. The molecular formula is C18H23F2N5. The Kier molecular flexibility index (Phi) is 5.43. The zero-order valence-corrected chi connectivity index (χ0v) is 14.5. The molecule has 0 spiro atoms. The molecule has 1 N–H and O–H groups in total. The maximum absolute atomic E-state index is 13.9. The van der Waals surface area contributed by atoms with Crippen LogP contribution in [-0.2, 0) is 6.54 Å². The van der Waals surface area contributed by atoms with Crippen molar-refractivity contribution < 1.29 is 8.78 Å². The Morgan fingerprint density at radius 1 is 1.24 bits per heavy atom. The fraction of sp³-hybridized carbons (Fsp3) is 0.444. The quantitative estimate of drug-likeness (QED) is 0.901. The highest BCUT2D eigenvalue weighted by atomic mass is 19.1. The van der Waals surface area contributed by atoms with E-state index in [0.29, 0.717) is 12.1 Å². The fourth-order valence-electron chi connectivity index (χ4n) is 3.09. The average molecular weight is 347 g/mol. The largest absolute Gasteiger partial charge is 0.366 e. The predicted molar refractivity (Wildman–Crippen MR) is 94.6 cm³/mol. The molecule has 1 aromatic carbocycles. The second-order valence-electron chi connectivity index (χ2n) is 6.61. The average Bonchev–Trinajstić information content (AvgIpc) is 2.58. The van der Waals surface area contributed by atoms with E-state index in [-0.39, 0.29) is 6.04 Å². The second kappa shape index (κ2) is 7.74. The van der Waals surface area contributed by atoms with E-state index < -0.39 is 11.6 Å². The van der Waals surface area contributed by atoms with E-state index in [1.165, 1.54) is 12.1 Å². The van der Waals surface area contributed by atoms with E-state index in [1.54, 1.807) is 6.33 Å². The van der Waals surface area contributed by atoms with Gasteiger partial charge in [0, 0.05) is 50.9 Å². The van der Waals surface area contributed by atoms with Crippen LogP contribution in [0.2, 0.25) is 0 Å². The van der Waals surface area contributed by atoms with Crippen LogP contribution in [0.4, 0.5) is 20.4 Å². The van der Waals surface area contributed by atoms with Crippen molar-refractivity contribution in [2.24, 2.45) is 0 Å². The molecule has 3 rings (SSSR count). The maximum Gasteiger partial charge on any atom is 0.133 e. The lowest BCUT2D eigenvalue weighted by Crippen LogP contribution is -2.41. The molecule has 1 unspecified atom stereocenters. The molecule has 2 heterocycles. The van der Waals surface area contributed by atoms with Crippen LogP contribution in [0.5, 0.6) is 0 Å². The number of likely N-dealkylation sites (tertiary alicyclic amines) is 1. The Morgan fingerprint density at radius 3 is 2.84 bits per heavy atom. The number of piperidine rings is 1. The number of rotatable bonds is 5. The van der Waals surface area contributed by atoms with Gasteiger partial charge in [-0.05, 0) is 25.5 Å². The number of anilines is 2. The first-order valence-corrected chi connectivity index (χ1v) is 8.43. The van der Waals surface area contributed by atoms with E-state index in [1.807, 2.05) is 25.1 Å². The molecule has 0 aliphatic carbocycles. The molecule has 1 atom stereocenters. The fourth-order valence-corrected chi connectivity index (χ4v) is 3.09. The predicted octanol–water partition coefficient (Wildman–Crippen LogP) is 2.90. The Bertz CT molecular complexity index is 722. The summed E-state index contributed by atoms with van der Waals surface area (Å²) in [6.07, 6.45) is 3.60. The number of aromatic nitrogens is 2. The zero-order chi connectivity index (χ0) is 17.8.